The van der Waals surface area contributed by atoms with Crippen LogP contribution in [0.3, 0.4) is 0 Å². The molecule has 2 heterocycles. The third kappa shape index (κ3) is 3.91. The van der Waals surface area contributed by atoms with Gasteiger partial charge in [0.1, 0.15) is 0 Å². The molecule has 0 saturated carbocycles. The fourth-order valence-corrected chi connectivity index (χ4v) is 3.38. The molecule has 126 valence electrons. The Morgan fingerprint density at radius 3 is 2.39 bits per heavy atom. The van der Waals surface area contributed by atoms with Crippen molar-refractivity contribution in [3.05, 3.63) is 29.3 Å². The van der Waals surface area contributed by atoms with E-state index in [-0.39, 0.29) is 11.7 Å². The van der Waals surface area contributed by atoms with Crippen LogP contribution < -0.4 is 5.32 Å². The molecule has 2 saturated heterocycles. The van der Waals surface area contributed by atoms with Crippen molar-refractivity contribution in [3.63, 3.8) is 0 Å². The SMILES string of the molecule is Cc1cccc(C)c1NC(=O)CCN1CCC2(CC1)OCCO2. The second kappa shape index (κ2) is 6.99. The van der Waals surface area contributed by atoms with Crippen LogP contribution >= 0.6 is 0 Å². The molecule has 1 amide bonds. The predicted octanol–water partition coefficient (Wildman–Crippen LogP) is 2.47. The van der Waals surface area contributed by atoms with Crippen LogP contribution in [-0.4, -0.2) is 49.4 Å². The van der Waals surface area contributed by atoms with Crippen molar-refractivity contribution in [2.24, 2.45) is 0 Å². The minimum absolute atomic E-state index is 0.0797. The van der Waals surface area contributed by atoms with Crippen LogP contribution in [-0.2, 0) is 14.3 Å². The highest BCUT2D eigenvalue weighted by atomic mass is 16.7. The zero-order valence-electron chi connectivity index (χ0n) is 14.1. The summed E-state index contributed by atoms with van der Waals surface area (Å²) in [4.78, 5) is 14.5. The number of nitrogens with zero attached hydrogens (tertiary/aromatic N) is 1. The lowest BCUT2D eigenvalue weighted by atomic mass is 10.0. The number of anilines is 1. The molecule has 1 aromatic rings. The first kappa shape index (κ1) is 16.4. The number of hydrogen-bond donors (Lipinski definition) is 1. The van der Waals surface area contributed by atoms with Crippen LogP contribution in [0.1, 0.15) is 30.4 Å². The summed E-state index contributed by atoms with van der Waals surface area (Å²) in [6.07, 6.45) is 2.31. The zero-order chi connectivity index (χ0) is 16.3. The van der Waals surface area contributed by atoms with E-state index in [0.29, 0.717) is 19.6 Å². The summed E-state index contributed by atoms with van der Waals surface area (Å²) in [7, 11) is 0. The third-order valence-electron chi connectivity index (χ3n) is 4.83. The monoisotopic (exact) mass is 318 g/mol. The molecule has 23 heavy (non-hydrogen) atoms. The van der Waals surface area contributed by atoms with Gasteiger partial charge in [0.25, 0.3) is 0 Å². The van der Waals surface area contributed by atoms with Crippen molar-refractivity contribution < 1.29 is 14.3 Å². The Balaban J connectivity index is 1.45. The van der Waals surface area contributed by atoms with E-state index in [9.17, 15) is 4.79 Å². The van der Waals surface area contributed by atoms with Crippen LogP contribution in [0.5, 0.6) is 0 Å². The van der Waals surface area contributed by atoms with Crippen molar-refractivity contribution in [2.45, 2.75) is 38.9 Å². The van der Waals surface area contributed by atoms with Gasteiger partial charge in [0, 0.05) is 44.6 Å². The van der Waals surface area contributed by atoms with Crippen LogP contribution in [0, 0.1) is 13.8 Å². The fraction of sp³-hybridized carbons (Fsp3) is 0.611. The second-order valence-electron chi connectivity index (χ2n) is 6.51. The first-order chi connectivity index (χ1) is 11.1. The number of carbonyl (C=O) groups excluding carboxylic acids is 1. The van der Waals surface area contributed by atoms with Gasteiger partial charge in [-0.2, -0.15) is 0 Å². The first-order valence-electron chi connectivity index (χ1n) is 8.44. The minimum Gasteiger partial charge on any atom is -0.347 e. The van der Waals surface area contributed by atoms with Gasteiger partial charge in [-0.1, -0.05) is 18.2 Å². The molecule has 3 rings (SSSR count). The topological polar surface area (TPSA) is 50.8 Å². The number of rotatable bonds is 4. The molecular weight excluding hydrogens is 292 g/mol. The lowest BCUT2D eigenvalue weighted by Crippen LogP contribution is -2.45. The number of likely N-dealkylation sites (tertiary alicyclic amines) is 1. The summed E-state index contributed by atoms with van der Waals surface area (Å²) in [6, 6.07) is 6.06. The third-order valence-corrected chi connectivity index (χ3v) is 4.83. The van der Waals surface area contributed by atoms with Gasteiger partial charge in [-0.15, -0.1) is 0 Å². The quantitative estimate of drug-likeness (QED) is 0.926. The number of para-hydroxylation sites is 1. The maximum absolute atomic E-state index is 12.2. The summed E-state index contributed by atoms with van der Waals surface area (Å²) in [5, 5.41) is 3.05. The molecule has 2 aliphatic rings. The van der Waals surface area contributed by atoms with Gasteiger partial charge < -0.3 is 19.7 Å². The van der Waals surface area contributed by atoms with E-state index in [1.807, 2.05) is 32.0 Å². The Labute approximate surface area is 137 Å². The van der Waals surface area contributed by atoms with Gasteiger partial charge in [-0.25, -0.2) is 0 Å². The highest BCUT2D eigenvalue weighted by Gasteiger charge is 2.39. The van der Waals surface area contributed by atoms with Crippen LogP contribution in [0.4, 0.5) is 5.69 Å². The summed E-state index contributed by atoms with van der Waals surface area (Å²) in [5.41, 5.74) is 3.16. The summed E-state index contributed by atoms with van der Waals surface area (Å²) in [5.74, 6) is -0.257. The molecule has 0 aliphatic carbocycles. The molecule has 2 aliphatic heterocycles. The highest BCUT2D eigenvalue weighted by Crippen LogP contribution is 2.31. The van der Waals surface area contributed by atoms with E-state index >= 15 is 0 Å². The van der Waals surface area contributed by atoms with Crippen molar-refractivity contribution in [2.75, 3.05) is 38.2 Å². The van der Waals surface area contributed by atoms with Crippen molar-refractivity contribution >= 4 is 11.6 Å². The van der Waals surface area contributed by atoms with Gasteiger partial charge >= 0.3 is 0 Å². The number of hydrogen-bond acceptors (Lipinski definition) is 4. The Hall–Kier alpha value is -1.43. The van der Waals surface area contributed by atoms with Crippen molar-refractivity contribution in [1.29, 1.82) is 0 Å². The van der Waals surface area contributed by atoms with Gasteiger partial charge in [-0.05, 0) is 25.0 Å². The lowest BCUT2D eigenvalue weighted by Gasteiger charge is -2.37. The van der Waals surface area contributed by atoms with Gasteiger partial charge in [0.15, 0.2) is 5.79 Å². The van der Waals surface area contributed by atoms with Crippen LogP contribution in [0.25, 0.3) is 0 Å². The van der Waals surface area contributed by atoms with Gasteiger partial charge in [0.2, 0.25) is 5.91 Å². The number of ether oxygens (including phenoxy) is 2. The first-order valence-corrected chi connectivity index (χ1v) is 8.44. The van der Waals surface area contributed by atoms with Crippen molar-refractivity contribution in [1.82, 2.24) is 4.90 Å². The van der Waals surface area contributed by atoms with Crippen LogP contribution in [0.15, 0.2) is 18.2 Å². The average molecular weight is 318 g/mol. The molecule has 5 nitrogen and oxygen atoms in total. The maximum atomic E-state index is 12.2. The number of carbonyl (C=O) groups is 1. The molecule has 0 radical (unpaired) electrons. The molecular formula is C18H26N2O3. The van der Waals surface area contributed by atoms with Gasteiger partial charge in [-0.3, -0.25) is 4.79 Å². The number of aryl methyl sites for hydroxylation is 2. The van der Waals surface area contributed by atoms with E-state index in [4.69, 9.17) is 9.47 Å². The van der Waals surface area contributed by atoms with Crippen LogP contribution in [0.2, 0.25) is 0 Å². The van der Waals surface area contributed by atoms with E-state index in [1.165, 1.54) is 0 Å². The summed E-state index contributed by atoms with van der Waals surface area (Å²) < 4.78 is 11.5. The second-order valence-corrected chi connectivity index (χ2v) is 6.51. The molecule has 0 aromatic heterocycles. The summed E-state index contributed by atoms with van der Waals surface area (Å²) >= 11 is 0. The molecule has 1 spiro atoms. The Kier molecular flexibility index (Phi) is 4.99. The molecule has 0 unspecified atom stereocenters. The molecule has 1 aromatic carbocycles. The number of piperidine rings is 1. The number of benzene rings is 1. The summed E-state index contributed by atoms with van der Waals surface area (Å²) in [6.45, 7) is 8.10. The van der Waals surface area contributed by atoms with E-state index in [0.717, 1.165) is 49.3 Å². The highest BCUT2D eigenvalue weighted by molar-refractivity contribution is 5.92. The average Bonchev–Trinajstić information content (AvgIpc) is 2.99. The molecule has 1 N–H and O–H groups in total. The fourth-order valence-electron chi connectivity index (χ4n) is 3.38. The molecule has 0 bridgehead atoms. The standard InChI is InChI=1S/C18H26N2O3/c1-14-4-3-5-15(2)17(14)19-16(21)6-9-20-10-7-18(8-11-20)22-12-13-23-18/h3-5H,6-13H2,1-2H3,(H,19,21). The van der Waals surface area contributed by atoms with E-state index in [2.05, 4.69) is 10.2 Å². The zero-order valence-corrected chi connectivity index (χ0v) is 14.1. The number of amides is 1. The molecule has 5 heteroatoms. The van der Waals surface area contributed by atoms with E-state index in [1.54, 1.807) is 0 Å². The number of nitrogens with one attached hydrogen (secondary N) is 1. The molecule has 2 fully saturated rings. The van der Waals surface area contributed by atoms with E-state index < -0.39 is 0 Å². The van der Waals surface area contributed by atoms with Crippen molar-refractivity contribution in [3.8, 4) is 0 Å². The predicted molar refractivity (Wildman–Crippen MR) is 89.5 cm³/mol. The minimum atomic E-state index is -0.336. The smallest absolute Gasteiger partial charge is 0.225 e. The maximum Gasteiger partial charge on any atom is 0.225 e. The van der Waals surface area contributed by atoms with Gasteiger partial charge in [0.05, 0.1) is 13.2 Å². The Bertz CT molecular complexity index is 537. The molecule has 0 atom stereocenters. The Morgan fingerprint density at radius 1 is 1.17 bits per heavy atom. The Morgan fingerprint density at radius 2 is 1.78 bits per heavy atom. The normalized spacial score (nSPS) is 20.8. The lowest BCUT2D eigenvalue weighted by molar-refractivity contribution is -0.185. The largest absolute Gasteiger partial charge is 0.347 e.